The van der Waals surface area contributed by atoms with Crippen LogP contribution in [0.15, 0.2) is 23.0 Å². The Morgan fingerprint density at radius 3 is 2.91 bits per heavy atom. The van der Waals surface area contributed by atoms with Crippen molar-refractivity contribution in [2.24, 2.45) is 0 Å². The summed E-state index contributed by atoms with van der Waals surface area (Å²) in [5.41, 5.74) is -0.405. The van der Waals surface area contributed by atoms with Crippen LogP contribution < -0.4 is 0 Å². The van der Waals surface area contributed by atoms with Crippen LogP contribution in [0, 0.1) is 11.6 Å². The number of morpholine rings is 1. The monoisotopic (exact) mass is 329 g/mol. The van der Waals surface area contributed by atoms with Gasteiger partial charge in [-0.15, -0.1) is 0 Å². The van der Waals surface area contributed by atoms with Crippen molar-refractivity contribution in [2.75, 3.05) is 19.8 Å². The first kappa shape index (κ1) is 14.9. The maximum absolute atomic E-state index is 13.9. The van der Waals surface area contributed by atoms with E-state index >= 15 is 0 Å². The Balaban J connectivity index is 1.94. The lowest BCUT2D eigenvalue weighted by Gasteiger charge is -2.33. The van der Waals surface area contributed by atoms with Crippen molar-refractivity contribution < 1.29 is 22.8 Å². The molecule has 2 aromatic rings. The van der Waals surface area contributed by atoms with Crippen molar-refractivity contribution in [1.29, 1.82) is 0 Å². The molecule has 1 fully saturated rings. The number of rotatable bonds is 2. The van der Waals surface area contributed by atoms with Gasteiger partial charge in [0.05, 0.1) is 23.8 Å². The van der Waals surface area contributed by atoms with Crippen LogP contribution >= 0.6 is 11.6 Å². The van der Waals surface area contributed by atoms with E-state index in [0.717, 1.165) is 18.5 Å². The minimum absolute atomic E-state index is 0.142. The molecular formula is C13H10ClF2N3O3. The topological polar surface area (TPSA) is 68.5 Å². The number of hydrogen-bond acceptors (Lipinski definition) is 5. The van der Waals surface area contributed by atoms with Gasteiger partial charge in [-0.3, -0.25) is 4.79 Å². The van der Waals surface area contributed by atoms with Crippen LogP contribution in [0.3, 0.4) is 0 Å². The third-order valence-corrected chi connectivity index (χ3v) is 3.60. The van der Waals surface area contributed by atoms with Crippen LogP contribution in [0.2, 0.25) is 5.02 Å². The quantitative estimate of drug-likeness (QED) is 0.790. The summed E-state index contributed by atoms with van der Waals surface area (Å²) in [5.74, 6) is -2.21. The Bertz CT molecular complexity index is 696. The highest BCUT2D eigenvalue weighted by Crippen LogP contribution is 2.26. The number of carbonyl (C=O) groups excluding carboxylic acids is 1. The molecule has 2 heterocycles. The summed E-state index contributed by atoms with van der Waals surface area (Å²) in [5, 5.41) is 3.29. The number of amides is 1. The second-order valence-electron chi connectivity index (χ2n) is 4.62. The SMILES string of the molecule is O=C(c1cc(F)c(Cl)cc1F)N1CCOC[C@@H]1c1ncon1. The van der Waals surface area contributed by atoms with Crippen molar-refractivity contribution in [3.05, 3.63) is 46.6 Å². The van der Waals surface area contributed by atoms with E-state index in [-0.39, 0.29) is 30.6 Å². The summed E-state index contributed by atoms with van der Waals surface area (Å²) in [6.45, 7) is 0.614. The van der Waals surface area contributed by atoms with Crippen LogP contribution in [0.25, 0.3) is 0 Å². The number of aromatic nitrogens is 2. The zero-order valence-electron chi connectivity index (χ0n) is 11.1. The van der Waals surface area contributed by atoms with Crippen molar-refractivity contribution in [3.63, 3.8) is 0 Å². The fourth-order valence-corrected chi connectivity index (χ4v) is 2.38. The molecule has 3 rings (SSSR count). The molecule has 6 nitrogen and oxygen atoms in total. The predicted octanol–water partition coefficient (Wildman–Crippen LogP) is 2.21. The van der Waals surface area contributed by atoms with Crippen molar-refractivity contribution in [2.45, 2.75) is 6.04 Å². The molecule has 9 heteroatoms. The van der Waals surface area contributed by atoms with Gasteiger partial charge in [0, 0.05) is 6.54 Å². The highest BCUT2D eigenvalue weighted by molar-refractivity contribution is 6.30. The molecule has 1 aliphatic rings. The summed E-state index contributed by atoms with van der Waals surface area (Å²) in [6.07, 6.45) is 1.12. The molecular weight excluding hydrogens is 320 g/mol. The minimum Gasteiger partial charge on any atom is -0.377 e. The van der Waals surface area contributed by atoms with Gasteiger partial charge in [-0.25, -0.2) is 8.78 Å². The molecule has 0 spiro atoms. The highest BCUT2D eigenvalue weighted by atomic mass is 35.5. The van der Waals surface area contributed by atoms with E-state index in [1.54, 1.807) is 0 Å². The third-order valence-electron chi connectivity index (χ3n) is 3.31. The second-order valence-corrected chi connectivity index (χ2v) is 5.03. The molecule has 1 aromatic heterocycles. The molecule has 116 valence electrons. The van der Waals surface area contributed by atoms with Gasteiger partial charge >= 0.3 is 0 Å². The molecule has 1 aliphatic heterocycles. The molecule has 0 aliphatic carbocycles. The predicted molar refractivity (Wildman–Crippen MR) is 70.3 cm³/mol. The Morgan fingerprint density at radius 2 is 2.18 bits per heavy atom. The number of nitrogens with zero attached hydrogens (tertiary/aromatic N) is 3. The number of benzene rings is 1. The summed E-state index contributed by atoms with van der Waals surface area (Å²) in [4.78, 5) is 17.7. The number of ether oxygens (including phenoxy) is 1. The number of carbonyl (C=O) groups is 1. The molecule has 22 heavy (non-hydrogen) atoms. The average Bonchev–Trinajstić information content (AvgIpc) is 3.04. The lowest BCUT2D eigenvalue weighted by atomic mass is 10.1. The lowest BCUT2D eigenvalue weighted by molar-refractivity contribution is -0.00602. The first-order valence-corrected chi connectivity index (χ1v) is 6.75. The van der Waals surface area contributed by atoms with Crippen molar-refractivity contribution in [3.8, 4) is 0 Å². The number of hydrogen-bond donors (Lipinski definition) is 0. The Hall–Kier alpha value is -2.06. The Morgan fingerprint density at radius 1 is 1.36 bits per heavy atom. The highest BCUT2D eigenvalue weighted by Gasteiger charge is 2.33. The smallest absolute Gasteiger partial charge is 0.257 e. The fraction of sp³-hybridized carbons (Fsp3) is 0.308. The zero-order chi connectivity index (χ0) is 15.7. The zero-order valence-corrected chi connectivity index (χ0v) is 11.9. The summed E-state index contributed by atoms with van der Waals surface area (Å²) < 4.78 is 37.4. The van der Waals surface area contributed by atoms with Gasteiger partial charge in [0.25, 0.3) is 5.91 Å². The summed E-state index contributed by atoms with van der Waals surface area (Å²) in [6, 6.07) is 0.926. The van der Waals surface area contributed by atoms with E-state index in [1.165, 1.54) is 4.90 Å². The molecule has 1 aromatic carbocycles. The van der Waals surface area contributed by atoms with Crippen LogP contribution in [0.5, 0.6) is 0 Å². The molecule has 0 N–H and O–H groups in total. The van der Waals surface area contributed by atoms with Crippen molar-refractivity contribution >= 4 is 17.5 Å². The second kappa shape index (κ2) is 5.98. The maximum Gasteiger partial charge on any atom is 0.257 e. The molecule has 0 radical (unpaired) electrons. The van der Waals surface area contributed by atoms with E-state index in [1.807, 2.05) is 0 Å². The van der Waals surface area contributed by atoms with E-state index in [0.29, 0.717) is 0 Å². The lowest BCUT2D eigenvalue weighted by Crippen LogP contribution is -2.44. The largest absolute Gasteiger partial charge is 0.377 e. The van der Waals surface area contributed by atoms with Gasteiger partial charge < -0.3 is 14.2 Å². The van der Waals surface area contributed by atoms with Gasteiger partial charge in [0.1, 0.15) is 17.7 Å². The summed E-state index contributed by atoms with van der Waals surface area (Å²) >= 11 is 5.49. The first-order chi connectivity index (χ1) is 10.6. The molecule has 1 saturated heterocycles. The van der Waals surface area contributed by atoms with E-state index in [9.17, 15) is 13.6 Å². The third kappa shape index (κ3) is 2.67. The van der Waals surface area contributed by atoms with Crippen molar-refractivity contribution in [1.82, 2.24) is 15.0 Å². The first-order valence-electron chi connectivity index (χ1n) is 6.37. The molecule has 0 saturated carbocycles. The van der Waals surface area contributed by atoms with Crippen LogP contribution in [0.1, 0.15) is 22.2 Å². The van der Waals surface area contributed by atoms with Crippen LogP contribution in [-0.4, -0.2) is 40.7 Å². The maximum atomic E-state index is 13.9. The fourth-order valence-electron chi connectivity index (χ4n) is 2.23. The normalized spacial score (nSPS) is 18.5. The van der Waals surface area contributed by atoms with Crippen LogP contribution in [0.4, 0.5) is 8.78 Å². The number of halogens is 3. The molecule has 0 unspecified atom stereocenters. The Kier molecular flexibility index (Phi) is 4.04. The van der Waals surface area contributed by atoms with E-state index < -0.39 is 29.1 Å². The van der Waals surface area contributed by atoms with Gasteiger partial charge in [-0.2, -0.15) is 4.98 Å². The van der Waals surface area contributed by atoms with Gasteiger partial charge in [-0.1, -0.05) is 16.8 Å². The average molecular weight is 330 g/mol. The standard InChI is InChI=1S/C13H10ClF2N3O3/c14-8-4-9(15)7(3-10(8)16)13(20)19-1-2-21-5-11(19)12-17-6-22-18-12/h3-4,6,11H,1-2,5H2/t11-/m1/s1. The Labute approximate surface area is 128 Å². The minimum atomic E-state index is -0.894. The molecule has 0 bridgehead atoms. The van der Waals surface area contributed by atoms with E-state index in [2.05, 4.69) is 14.7 Å². The van der Waals surface area contributed by atoms with Gasteiger partial charge in [0.2, 0.25) is 6.39 Å². The van der Waals surface area contributed by atoms with E-state index in [4.69, 9.17) is 16.3 Å². The molecule has 1 amide bonds. The summed E-state index contributed by atoms with van der Waals surface area (Å²) in [7, 11) is 0. The van der Waals surface area contributed by atoms with Gasteiger partial charge in [-0.05, 0) is 12.1 Å². The molecule has 1 atom stereocenters. The van der Waals surface area contributed by atoms with Gasteiger partial charge in [0.15, 0.2) is 5.82 Å². The van der Waals surface area contributed by atoms with Crippen LogP contribution in [-0.2, 0) is 4.74 Å².